The quantitative estimate of drug-likeness (QED) is 0.674. The molecule has 0 bridgehead atoms. The Balaban J connectivity index is 2.26. The second-order valence-electron chi connectivity index (χ2n) is 4.20. The molecule has 20 heavy (non-hydrogen) atoms. The van der Waals surface area contributed by atoms with Crippen LogP contribution in [-0.2, 0) is 0 Å². The standard InChI is InChI=1S/C14H13ClN2O3/c1-8-3-4-10(11(18)5-8)16-14(19)9-6-12(15)17-13(7-9)20-2/h3-7,18H,1-2H3,(H,16,19). The first kappa shape index (κ1) is 14.1. The Hall–Kier alpha value is -2.27. The zero-order valence-electron chi connectivity index (χ0n) is 11.0. The summed E-state index contributed by atoms with van der Waals surface area (Å²) in [5.74, 6) is -0.159. The molecule has 0 aliphatic heterocycles. The van der Waals surface area contributed by atoms with Crippen LogP contribution in [-0.4, -0.2) is 23.1 Å². The number of amides is 1. The van der Waals surface area contributed by atoms with Crippen molar-refractivity contribution in [3.05, 3.63) is 46.6 Å². The highest BCUT2D eigenvalue weighted by Crippen LogP contribution is 2.25. The van der Waals surface area contributed by atoms with E-state index < -0.39 is 5.91 Å². The lowest BCUT2D eigenvalue weighted by molar-refractivity contribution is 0.102. The van der Waals surface area contributed by atoms with Crippen molar-refractivity contribution in [2.45, 2.75) is 6.92 Å². The van der Waals surface area contributed by atoms with E-state index in [0.29, 0.717) is 11.3 Å². The highest BCUT2D eigenvalue weighted by molar-refractivity contribution is 6.30. The molecule has 1 amide bonds. The second-order valence-corrected chi connectivity index (χ2v) is 4.58. The van der Waals surface area contributed by atoms with Gasteiger partial charge in [-0.3, -0.25) is 4.79 Å². The number of aryl methyl sites for hydroxylation is 1. The van der Waals surface area contributed by atoms with Crippen molar-refractivity contribution in [1.82, 2.24) is 4.98 Å². The molecule has 0 saturated carbocycles. The van der Waals surface area contributed by atoms with Crippen molar-refractivity contribution in [2.24, 2.45) is 0 Å². The number of aromatic nitrogens is 1. The van der Waals surface area contributed by atoms with Crippen LogP contribution in [0.15, 0.2) is 30.3 Å². The average Bonchev–Trinajstić information content (AvgIpc) is 2.41. The summed E-state index contributed by atoms with van der Waals surface area (Å²) in [5.41, 5.74) is 1.52. The number of ether oxygens (including phenoxy) is 1. The molecule has 2 N–H and O–H groups in total. The Morgan fingerprint density at radius 2 is 2.10 bits per heavy atom. The van der Waals surface area contributed by atoms with Gasteiger partial charge in [0.25, 0.3) is 5.91 Å². The number of phenolic OH excluding ortho intramolecular Hbond substituents is 1. The fraction of sp³-hybridized carbons (Fsp3) is 0.143. The van der Waals surface area contributed by atoms with Crippen molar-refractivity contribution in [1.29, 1.82) is 0 Å². The molecule has 0 aliphatic carbocycles. The largest absolute Gasteiger partial charge is 0.506 e. The van der Waals surface area contributed by atoms with Gasteiger partial charge in [0.05, 0.1) is 12.8 Å². The Morgan fingerprint density at radius 1 is 1.35 bits per heavy atom. The molecule has 0 spiro atoms. The number of methoxy groups -OCH3 is 1. The number of anilines is 1. The monoisotopic (exact) mass is 292 g/mol. The van der Waals surface area contributed by atoms with Crippen LogP contribution in [0.1, 0.15) is 15.9 Å². The fourth-order valence-electron chi connectivity index (χ4n) is 1.65. The van der Waals surface area contributed by atoms with E-state index in [4.69, 9.17) is 16.3 Å². The van der Waals surface area contributed by atoms with Gasteiger partial charge in [0.15, 0.2) is 0 Å². The summed E-state index contributed by atoms with van der Waals surface area (Å²) in [6.45, 7) is 1.85. The number of nitrogens with one attached hydrogen (secondary N) is 1. The van der Waals surface area contributed by atoms with Crippen LogP contribution in [0, 0.1) is 6.92 Å². The van der Waals surface area contributed by atoms with Gasteiger partial charge in [-0.15, -0.1) is 0 Å². The SMILES string of the molecule is COc1cc(C(=O)Nc2ccc(C)cc2O)cc(Cl)n1. The van der Waals surface area contributed by atoms with E-state index in [1.807, 2.05) is 6.92 Å². The number of carbonyl (C=O) groups excluding carboxylic acids is 1. The molecule has 0 atom stereocenters. The van der Waals surface area contributed by atoms with Gasteiger partial charge in [0.2, 0.25) is 5.88 Å². The number of phenols is 1. The molecule has 1 aromatic heterocycles. The average molecular weight is 293 g/mol. The molecule has 0 radical (unpaired) electrons. The fourth-order valence-corrected chi connectivity index (χ4v) is 1.85. The summed E-state index contributed by atoms with van der Waals surface area (Å²) in [6.07, 6.45) is 0. The van der Waals surface area contributed by atoms with E-state index in [0.717, 1.165) is 5.56 Å². The highest BCUT2D eigenvalue weighted by Gasteiger charge is 2.12. The van der Waals surface area contributed by atoms with Crippen molar-refractivity contribution in [2.75, 3.05) is 12.4 Å². The second kappa shape index (κ2) is 5.79. The third-order valence-electron chi connectivity index (χ3n) is 2.64. The number of hydrogen-bond acceptors (Lipinski definition) is 4. The number of benzene rings is 1. The Kier molecular flexibility index (Phi) is 4.10. The zero-order chi connectivity index (χ0) is 14.7. The third kappa shape index (κ3) is 3.19. The van der Waals surface area contributed by atoms with E-state index in [1.54, 1.807) is 18.2 Å². The van der Waals surface area contributed by atoms with Gasteiger partial charge in [-0.25, -0.2) is 4.98 Å². The summed E-state index contributed by atoms with van der Waals surface area (Å²) < 4.78 is 4.95. The molecule has 0 unspecified atom stereocenters. The first-order valence-electron chi connectivity index (χ1n) is 5.82. The predicted octanol–water partition coefficient (Wildman–Crippen LogP) is 3.01. The molecule has 6 heteroatoms. The number of aromatic hydroxyl groups is 1. The molecule has 1 aromatic carbocycles. The lowest BCUT2D eigenvalue weighted by Gasteiger charge is -2.09. The highest BCUT2D eigenvalue weighted by atomic mass is 35.5. The molecule has 1 heterocycles. The molecule has 5 nitrogen and oxygen atoms in total. The summed E-state index contributed by atoms with van der Waals surface area (Å²) in [6, 6.07) is 7.87. The van der Waals surface area contributed by atoms with Crippen molar-refractivity contribution in [3.63, 3.8) is 0 Å². The molecule has 104 valence electrons. The summed E-state index contributed by atoms with van der Waals surface area (Å²) >= 11 is 5.81. The molecule has 0 saturated heterocycles. The smallest absolute Gasteiger partial charge is 0.256 e. The van der Waals surface area contributed by atoms with Gasteiger partial charge >= 0.3 is 0 Å². The van der Waals surface area contributed by atoms with Crippen molar-refractivity contribution >= 4 is 23.2 Å². The first-order chi connectivity index (χ1) is 9.49. The van der Waals surface area contributed by atoms with E-state index >= 15 is 0 Å². The Labute approximate surface area is 121 Å². The third-order valence-corrected chi connectivity index (χ3v) is 2.84. The predicted molar refractivity (Wildman–Crippen MR) is 76.6 cm³/mol. The van der Waals surface area contributed by atoms with Crippen LogP contribution in [0.4, 0.5) is 5.69 Å². The topological polar surface area (TPSA) is 71.5 Å². The van der Waals surface area contributed by atoms with Crippen LogP contribution in [0.25, 0.3) is 0 Å². The van der Waals surface area contributed by atoms with Crippen LogP contribution in [0.3, 0.4) is 0 Å². The van der Waals surface area contributed by atoms with Gasteiger partial charge in [-0.05, 0) is 30.7 Å². The Morgan fingerprint density at radius 3 is 2.75 bits per heavy atom. The number of halogens is 1. The zero-order valence-corrected chi connectivity index (χ0v) is 11.7. The minimum Gasteiger partial charge on any atom is -0.506 e. The van der Waals surface area contributed by atoms with E-state index in [2.05, 4.69) is 10.3 Å². The van der Waals surface area contributed by atoms with Crippen LogP contribution in [0.5, 0.6) is 11.6 Å². The van der Waals surface area contributed by atoms with Crippen molar-refractivity contribution < 1.29 is 14.6 Å². The summed E-state index contributed by atoms with van der Waals surface area (Å²) in [4.78, 5) is 16.0. The number of rotatable bonds is 3. The van der Waals surface area contributed by atoms with Crippen molar-refractivity contribution in [3.8, 4) is 11.6 Å². The maximum Gasteiger partial charge on any atom is 0.256 e. The van der Waals surface area contributed by atoms with Gasteiger partial charge in [0.1, 0.15) is 10.9 Å². The molecular formula is C14H13ClN2O3. The van der Waals surface area contributed by atoms with Gasteiger partial charge in [-0.1, -0.05) is 17.7 Å². The molecule has 2 rings (SSSR count). The minimum atomic E-state index is -0.410. The number of hydrogen-bond donors (Lipinski definition) is 2. The number of pyridine rings is 1. The summed E-state index contributed by atoms with van der Waals surface area (Å²) in [5, 5.41) is 12.5. The lowest BCUT2D eigenvalue weighted by Crippen LogP contribution is -2.12. The van der Waals surface area contributed by atoms with Crippen LogP contribution in [0.2, 0.25) is 5.15 Å². The molecule has 0 aliphatic rings. The Bertz CT molecular complexity index is 659. The van der Waals surface area contributed by atoms with Crippen LogP contribution < -0.4 is 10.1 Å². The van der Waals surface area contributed by atoms with Gasteiger partial charge in [-0.2, -0.15) is 0 Å². The maximum atomic E-state index is 12.1. The number of nitrogens with zero attached hydrogens (tertiary/aromatic N) is 1. The lowest BCUT2D eigenvalue weighted by atomic mass is 10.2. The van der Waals surface area contributed by atoms with E-state index in [-0.39, 0.29) is 16.8 Å². The normalized spacial score (nSPS) is 10.2. The van der Waals surface area contributed by atoms with Gasteiger partial charge in [0, 0.05) is 11.6 Å². The van der Waals surface area contributed by atoms with E-state index in [9.17, 15) is 9.90 Å². The molecular weight excluding hydrogens is 280 g/mol. The minimum absolute atomic E-state index is 0.00506. The molecule has 2 aromatic rings. The maximum absolute atomic E-state index is 12.1. The molecule has 0 fully saturated rings. The van der Waals surface area contributed by atoms with Gasteiger partial charge < -0.3 is 15.2 Å². The van der Waals surface area contributed by atoms with E-state index in [1.165, 1.54) is 19.2 Å². The summed E-state index contributed by atoms with van der Waals surface area (Å²) in [7, 11) is 1.44. The number of carbonyl (C=O) groups is 1. The first-order valence-corrected chi connectivity index (χ1v) is 6.20. The van der Waals surface area contributed by atoms with Crippen LogP contribution >= 0.6 is 11.6 Å².